The Morgan fingerprint density at radius 2 is 1.76 bits per heavy atom. The number of nitrogens with zero attached hydrogens (tertiary/aromatic N) is 2. The van der Waals surface area contributed by atoms with Gasteiger partial charge < -0.3 is 9.47 Å². The van der Waals surface area contributed by atoms with Gasteiger partial charge in [-0.15, -0.1) is 11.3 Å². The molecule has 0 aliphatic heterocycles. The van der Waals surface area contributed by atoms with Crippen molar-refractivity contribution < 1.29 is 22.7 Å². The molecule has 3 rings (SSSR count). The van der Waals surface area contributed by atoms with E-state index in [-0.39, 0.29) is 10.6 Å². The Morgan fingerprint density at radius 1 is 1.06 bits per heavy atom. The fourth-order valence-corrected chi connectivity index (χ4v) is 5.18. The Hall–Kier alpha value is -3.37. The van der Waals surface area contributed by atoms with Crippen molar-refractivity contribution >= 4 is 39.2 Å². The van der Waals surface area contributed by atoms with Crippen LogP contribution in [0.4, 0.5) is 5.69 Å². The average Bonchev–Trinajstić information content (AvgIpc) is 3.21. The molecule has 0 atom stereocenters. The minimum absolute atomic E-state index is 0.0633. The predicted octanol–water partition coefficient (Wildman–Crippen LogP) is 3.73. The summed E-state index contributed by atoms with van der Waals surface area (Å²) >= 11 is 1.49. The molecule has 1 aromatic heterocycles. The van der Waals surface area contributed by atoms with E-state index in [0.29, 0.717) is 11.5 Å². The number of nitrogens with one attached hydrogen (secondary N) is 1. The van der Waals surface area contributed by atoms with Gasteiger partial charge in [0.1, 0.15) is 6.54 Å². The van der Waals surface area contributed by atoms with Gasteiger partial charge in [0.05, 0.1) is 31.0 Å². The first kappa shape index (κ1) is 24.3. The summed E-state index contributed by atoms with van der Waals surface area (Å²) in [4.78, 5) is 13.6. The fraction of sp³-hybridized carbons (Fsp3) is 0.217. The van der Waals surface area contributed by atoms with E-state index < -0.39 is 22.5 Å². The van der Waals surface area contributed by atoms with Crippen LogP contribution >= 0.6 is 11.3 Å². The second-order valence-electron chi connectivity index (χ2n) is 7.13. The first-order chi connectivity index (χ1) is 15.8. The number of sulfonamides is 1. The highest BCUT2D eigenvalue weighted by Gasteiger charge is 2.28. The zero-order valence-corrected chi connectivity index (χ0v) is 20.4. The van der Waals surface area contributed by atoms with Crippen LogP contribution in [0.1, 0.15) is 16.0 Å². The topological polar surface area (TPSA) is 97.3 Å². The van der Waals surface area contributed by atoms with E-state index in [1.807, 2.05) is 25.3 Å². The molecule has 1 N–H and O–H groups in total. The summed E-state index contributed by atoms with van der Waals surface area (Å²) in [7, 11) is -1.12. The third-order valence-corrected chi connectivity index (χ3v) is 7.57. The Balaban J connectivity index is 1.93. The van der Waals surface area contributed by atoms with Crippen LogP contribution in [0, 0.1) is 13.8 Å². The van der Waals surface area contributed by atoms with Gasteiger partial charge in [0, 0.05) is 10.9 Å². The summed E-state index contributed by atoms with van der Waals surface area (Å²) in [5, 5.41) is 5.89. The number of benzene rings is 2. The molecule has 1 amide bonds. The number of thiophene rings is 1. The van der Waals surface area contributed by atoms with Crippen LogP contribution in [0.5, 0.6) is 11.5 Å². The van der Waals surface area contributed by atoms with E-state index in [0.717, 1.165) is 20.3 Å². The number of hydrogen-bond acceptors (Lipinski definition) is 7. The van der Waals surface area contributed by atoms with Crippen LogP contribution in [0.25, 0.3) is 0 Å². The first-order valence-electron chi connectivity index (χ1n) is 9.93. The molecule has 33 heavy (non-hydrogen) atoms. The summed E-state index contributed by atoms with van der Waals surface area (Å²) in [5.74, 6) is 0.186. The summed E-state index contributed by atoms with van der Waals surface area (Å²) in [6.45, 7) is 3.32. The fourth-order valence-electron chi connectivity index (χ4n) is 2.98. The van der Waals surface area contributed by atoms with Gasteiger partial charge in [0.25, 0.3) is 15.9 Å². The van der Waals surface area contributed by atoms with Gasteiger partial charge in [-0.05, 0) is 55.1 Å². The van der Waals surface area contributed by atoms with Gasteiger partial charge in [-0.1, -0.05) is 17.7 Å². The maximum Gasteiger partial charge on any atom is 0.264 e. The van der Waals surface area contributed by atoms with Gasteiger partial charge in [-0.25, -0.2) is 13.8 Å². The molecule has 0 aliphatic rings. The van der Waals surface area contributed by atoms with E-state index in [2.05, 4.69) is 10.5 Å². The molecule has 0 unspecified atom stereocenters. The maximum atomic E-state index is 13.5. The van der Waals surface area contributed by atoms with Gasteiger partial charge >= 0.3 is 0 Å². The molecule has 0 bridgehead atoms. The van der Waals surface area contributed by atoms with E-state index in [9.17, 15) is 13.2 Å². The van der Waals surface area contributed by atoms with Crippen molar-refractivity contribution in [2.75, 3.05) is 25.1 Å². The number of rotatable bonds is 9. The average molecular weight is 488 g/mol. The van der Waals surface area contributed by atoms with Crippen LogP contribution < -0.4 is 19.2 Å². The number of anilines is 1. The molecular weight excluding hydrogens is 462 g/mol. The second-order valence-corrected chi connectivity index (χ2v) is 9.94. The number of amides is 1. The SMILES string of the molecule is COc1ccc(N(CC(=O)N/N=C/c2sccc2C)S(=O)(=O)c2ccc(C)cc2)cc1OC. The normalized spacial score (nSPS) is 11.4. The standard InChI is InChI=1S/C23H25N3O5S2/c1-16-5-8-19(9-6-16)33(28,29)26(18-7-10-20(30-3)21(13-18)31-4)15-23(27)25-24-14-22-17(2)11-12-32-22/h5-14H,15H2,1-4H3,(H,25,27)/b24-14+. The maximum absolute atomic E-state index is 13.5. The lowest BCUT2D eigenvalue weighted by atomic mass is 10.2. The summed E-state index contributed by atoms with van der Waals surface area (Å²) in [6, 6.07) is 13.0. The molecule has 1 heterocycles. The lowest BCUT2D eigenvalue weighted by Gasteiger charge is -2.24. The largest absolute Gasteiger partial charge is 0.493 e. The number of carbonyl (C=O) groups excluding carboxylic acids is 1. The molecule has 10 heteroatoms. The molecule has 8 nitrogen and oxygen atoms in total. The van der Waals surface area contributed by atoms with E-state index in [4.69, 9.17) is 9.47 Å². The van der Waals surface area contributed by atoms with Crippen molar-refractivity contribution in [1.29, 1.82) is 0 Å². The quantitative estimate of drug-likeness (QED) is 0.366. The van der Waals surface area contributed by atoms with Crippen LogP contribution in [0.2, 0.25) is 0 Å². The summed E-state index contributed by atoms with van der Waals surface area (Å²) in [6.07, 6.45) is 1.53. The van der Waals surface area contributed by atoms with Crippen molar-refractivity contribution in [3.8, 4) is 11.5 Å². The number of hydrazone groups is 1. The second kappa shape index (κ2) is 10.5. The molecule has 2 aromatic carbocycles. The van der Waals surface area contributed by atoms with Gasteiger partial charge in [0.2, 0.25) is 0 Å². The predicted molar refractivity (Wildman–Crippen MR) is 130 cm³/mol. The number of hydrogen-bond donors (Lipinski definition) is 1. The van der Waals surface area contributed by atoms with Crippen LogP contribution in [-0.4, -0.2) is 41.3 Å². The summed E-state index contributed by atoms with van der Waals surface area (Å²) < 4.78 is 38.5. The molecule has 0 aliphatic carbocycles. The zero-order chi connectivity index (χ0) is 24.0. The number of carbonyl (C=O) groups is 1. The van der Waals surface area contributed by atoms with Crippen molar-refractivity contribution in [3.63, 3.8) is 0 Å². The number of ether oxygens (including phenoxy) is 2. The third kappa shape index (κ3) is 5.71. The molecule has 0 spiro atoms. The molecular formula is C23H25N3O5S2. The Kier molecular flexibility index (Phi) is 7.72. The highest BCUT2D eigenvalue weighted by atomic mass is 32.2. The minimum atomic E-state index is -4.06. The van der Waals surface area contributed by atoms with Crippen LogP contribution in [0.15, 0.2) is 63.9 Å². The lowest BCUT2D eigenvalue weighted by molar-refractivity contribution is -0.119. The zero-order valence-electron chi connectivity index (χ0n) is 18.7. The Morgan fingerprint density at radius 3 is 2.36 bits per heavy atom. The van der Waals surface area contributed by atoms with Crippen molar-refractivity contribution in [2.24, 2.45) is 5.10 Å². The summed E-state index contributed by atoms with van der Waals surface area (Å²) in [5.41, 5.74) is 4.61. The highest BCUT2D eigenvalue weighted by Crippen LogP contribution is 2.33. The molecule has 0 radical (unpaired) electrons. The van der Waals surface area contributed by atoms with E-state index >= 15 is 0 Å². The van der Waals surface area contributed by atoms with Crippen molar-refractivity contribution in [1.82, 2.24) is 5.43 Å². The highest BCUT2D eigenvalue weighted by molar-refractivity contribution is 7.92. The van der Waals surface area contributed by atoms with Gasteiger partial charge in [0.15, 0.2) is 11.5 Å². The van der Waals surface area contributed by atoms with Crippen LogP contribution in [0.3, 0.4) is 0 Å². The third-order valence-electron chi connectivity index (χ3n) is 4.82. The monoisotopic (exact) mass is 487 g/mol. The van der Waals surface area contributed by atoms with Gasteiger partial charge in [-0.3, -0.25) is 9.10 Å². The van der Waals surface area contributed by atoms with Crippen LogP contribution in [-0.2, 0) is 14.8 Å². The number of methoxy groups -OCH3 is 2. The molecule has 3 aromatic rings. The van der Waals surface area contributed by atoms with Crippen molar-refractivity contribution in [2.45, 2.75) is 18.7 Å². The smallest absolute Gasteiger partial charge is 0.264 e. The Labute approximate surface area is 197 Å². The lowest BCUT2D eigenvalue weighted by Crippen LogP contribution is -2.39. The molecule has 0 saturated heterocycles. The minimum Gasteiger partial charge on any atom is -0.493 e. The van der Waals surface area contributed by atoms with E-state index in [1.54, 1.807) is 24.3 Å². The Bertz CT molecular complexity index is 1250. The first-order valence-corrected chi connectivity index (χ1v) is 12.3. The molecule has 0 fully saturated rings. The molecule has 0 saturated carbocycles. The van der Waals surface area contributed by atoms with E-state index in [1.165, 1.54) is 50.0 Å². The molecule has 174 valence electrons. The number of aryl methyl sites for hydroxylation is 2. The van der Waals surface area contributed by atoms with Crippen molar-refractivity contribution in [3.05, 3.63) is 69.9 Å². The van der Waals surface area contributed by atoms with Gasteiger partial charge in [-0.2, -0.15) is 5.10 Å².